The van der Waals surface area contributed by atoms with Gasteiger partial charge >= 0.3 is 5.69 Å². The van der Waals surface area contributed by atoms with Crippen LogP contribution in [0.25, 0.3) is 34.1 Å². The predicted octanol–water partition coefficient (Wildman–Crippen LogP) is 3.39. The molecular formula is C30H23N5O6. The van der Waals surface area contributed by atoms with Crippen LogP contribution in [0.15, 0.2) is 57.8 Å². The highest BCUT2D eigenvalue weighted by atomic mass is 16.5. The number of allylic oxidation sites excluding steroid dienone is 1. The zero-order valence-corrected chi connectivity index (χ0v) is 22.4. The number of ketones is 1. The average molecular weight is 550 g/mol. The highest BCUT2D eigenvalue weighted by Crippen LogP contribution is 2.60. The summed E-state index contributed by atoms with van der Waals surface area (Å²) in [5.41, 5.74) is 0.303. The first-order valence-corrected chi connectivity index (χ1v) is 12.8. The van der Waals surface area contributed by atoms with E-state index in [4.69, 9.17) is 4.74 Å². The van der Waals surface area contributed by atoms with Crippen LogP contribution in [0.4, 0.5) is 0 Å². The van der Waals surface area contributed by atoms with Gasteiger partial charge in [-0.25, -0.2) is 14.5 Å². The van der Waals surface area contributed by atoms with Gasteiger partial charge in [0.15, 0.2) is 5.78 Å². The van der Waals surface area contributed by atoms with Crippen LogP contribution in [0.1, 0.15) is 39.8 Å². The number of hydrogen-bond donors (Lipinski definition) is 3. The molecule has 0 amide bonds. The van der Waals surface area contributed by atoms with Crippen molar-refractivity contribution in [1.29, 1.82) is 0 Å². The largest absolute Gasteiger partial charge is 0.507 e. The Bertz CT molecular complexity index is 2160. The molecule has 0 saturated heterocycles. The summed E-state index contributed by atoms with van der Waals surface area (Å²) in [4.78, 5) is 45.7. The van der Waals surface area contributed by atoms with E-state index in [2.05, 4.69) is 15.1 Å². The van der Waals surface area contributed by atoms with Crippen molar-refractivity contribution in [2.45, 2.75) is 26.2 Å². The number of phenolic OH excluding ortho intramolecular Hbond substituents is 2. The quantitative estimate of drug-likeness (QED) is 0.303. The van der Waals surface area contributed by atoms with Gasteiger partial charge in [-0.1, -0.05) is 18.2 Å². The number of aromatic hydroxyl groups is 2. The van der Waals surface area contributed by atoms with Gasteiger partial charge in [0.25, 0.3) is 5.56 Å². The number of fused-ring (bicyclic) bond motifs is 5. The lowest BCUT2D eigenvalue weighted by atomic mass is 9.71. The minimum absolute atomic E-state index is 0.0661. The van der Waals surface area contributed by atoms with Crippen molar-refractivity contribution >= 4 is 22.9 Å². The van der Waals surface area contributed by atoms with Crippen LogP contribution in [-0.2, 0) is 12.5 Å². The summed E-state index contributed by atoms with van der Waals surface area (Å²) in [5.74, 6) is -0.566. The maximum Gasteiger partial charge on any atom is 0.329 e. The van der Waals surface area contributed by atoms with Crippen molar-refractivity contribution in [2.75, 3.05) is 0 Å². The number of nitrogens with one attached hydrogen (secondary N) is 1. The second-order valence-corrected chi connectivity index (χ2v) is 10.4. The van der Waals surface area contributed by atoms with Gasteiger partial charge in [-0.2, -0.15) is 5.10 Å². The summed E-state index contributed by atoms with van der Waals surface area (Å²) in [5, 5.41) is 27.4. The fourth-order valence-electron chi connectivity index (χ4n) is 5.83. The number of rotatable bonds is 2. The zero-order chi connectivity index (χ0) is 29.0. The third-order valence-corrected chi connectivity index (χ3v) is 8.11. The van der Waals surface area contributed by atoms with Gasteiger partial charge in [-0.05, 0) is 45.0 Å². The number of ether oxygens (including phenoxy) is 1. The number of benzene rings is 2. The molecule has 0 bridgehead atoms. The Kier molecular flexibility index (Phi) is 4.82. The molecule has 0 saturated carbocycles. The van der Waals surface area contributed by atoms with Crippen LogP contribution < -0.4 is 16.0 Å². The second kappa shape index (κ2) is 8.04. The molecule has 2 aliphatic rings. The normalized spacial score (nSPS) is 17.2. The maximum atomic E-state index is 14.3. The highest BCUT2D eigenvalue weighted by molar-refractivity contribution is 6.14. The lowest BCUT2D eigenvalue weighted by molar-refractivity contribution is 0.0905. The number of carbonyl (C=O) groups is 1. The van der Waals surface area contributed by atoms with Crippen molar-refractivity contribution in [3.05, 3.63) is 97.1 Å². The van der Waals surface area contributed by atoms with Crippen molar-refractivity contribution in [3.63, 3.8) is 0 Å². The highest BCUT2D eigenvalue weighted by Gasteiger charge is 2.55. The lowest BCUT2D eigenvalue weighted by Crippen LogP contribution is -2.36. The fourth-order valence-corrected chi connectivity index (χ4v) is 5.83. The zero-order valence-electron chi connectivity index (χ0n) is 22.4. The van der Waals surface area contributed by atoms with Crippen LogP contribution >= 0.6 is 0 Å². The Balaban J connectivity index is 1.50. The molecular weight excluding hydrogens is 526 g/mol. The monoisotopic (exact) mass is 549 g/mol. The summed E-state index contributed by atoms with van der Waals surface area (Å²) in [7, 11) is 1.47. The van der Waals surface area contributed by atoms with Crippen molar-refractivity contribution in [1.82, 2.24) is 24.3 Å². The first kappa shape index (κ1) is 24.6. The molecule has 11 heteroatoms. The molecule has 204 valence electrons. The molecule has 3 aromatic heterocycles. The number of para-hydroxylation sites is 1. The molecule has 1 atom stereocenters. The minimum atomic E-state index is -1.42. The Morgan fingerprint density at radius 2 is 1.71 bits per heavy atom. The SMILES string of the molecule is Cc1nn(-c2ccccc2)c2c1C(=O)C1(C)C(=C2)Oc2c(-c3ccc4c(=O)[nH]c(=O)n(C)c4n3)c(O)c(C)c(O)c21. The number of carbonyl (C=O) groups excluding carboxylic acids is 1. The van der Waals surface area contributed by atoms with Crippen LogP contribution in [0.5, 0.6) is 17.2 Å². The molecule has 2 aromatic carbocycles. The summed E-state index contributed by atoms with van der Waals surface area (Å²) < 4.78 is 9.20. The molecule has 41 heavy (non-hydrogen) atoms. The number of aromatic nitrogens is 5. The van der Waals surface area contributed by atoms with E-state index < -0.39 is 16.7 Å². The Labute approximate surface area is 231 Å². The molecule has 0 fully saturated rings. The molecule has 3 N–H and O–H groups in total. The summed E-state index contributed by atoms with van der Waals surface area (Å²) in [6.45, 7) is 4.96. The number of nitrogens with zero attached hydrogens (tertiary/aromatic N) is 4. The van der Waals surface area contributed by atoms with Gasteiger partial charge in [-0.15, -0.1) is 0 Å². The van der Waals surface area contributed by atoms with E-state index in [-0.39, 0.29) is 62.2 Å². The summed E-state index contributed by atoms with van der Waals surface area (Å²) in [6, 6.07) is 12.4. The number of hydrogen-bond acceptors (Lipinski definition) is 8. The Hall–Kier alpha value is -5.45. The molecule has 11 nitrogen and oxygen atoms in total. The second-order valence-electron chi connectivity index (χ2n) is 10.4. The van der Waals surface area contributed by atoms with E-state index in [0.717, 1.165) is 5.69 Å². The Morgan fingerprint density at radius 1 is 0.976 bits per heavy atom. The van der Waals surface area contributed by atoms with Crippen molar-refractivity contribution in [3.8, 4) is 34.2 Å². The standard InChI is InChI=1S/C30H23N5O6/c1-13-23(36)21(17-11-10-16-27(31-17)34(4)29(40)32-28(16)39)25-22(24(13)37)30(3)19(41-25)12-18-20(26(30)38)14(2)33-35(18)15-8-6-5-7-9-15/h5-12,36-37H,1-4H3,(H,32,39,40). The molecule has 1 unspecified atom stereocenters. The topological polar surface area (TPSA) is 152 Å². The van der Waals surface area contributed by atoms with E-state index in [1.807, 2.05) is 30.3 Å². The van der Waals surface area contributed by atoms with Gasteiger partial charge in [0, 0.05) is 18.7 Å². The number of Topliss-reactive ketones (excluding diaryl/α,β-unsaturated/α-hetero) is 1. The van der Waals surface area contributed by atoms with Crippen LogP contribution in [-0.4, -0.2) is 40.3 Å². The number of H-pyrrole nitrogens is 1. The minimum Gasteiger partial charge on any atom is -0.507 e. The van der Waals surface area contributed by atoms with E-state index in [9.17, 15) is 24.6 Å². The molecule has 1 aliphatic heterocycles. The van der Waals surface area contributed by atoms with Crippen LogP contribution in [0.3, 0.4) is 0 Å². The first-order valence-electron chi connectivity index (χ1n) is 12.8. The van der Waals surface area contributed by atoms with E-state index in [0.29, 0.717) is 17.0 Å². The van der Waals surface area contributed by atoms with E-state index in [1.54, 1.807) is 24.6 Å². The van der Waals surface area contributed by atoms with Crippen molar-refractivity contribution in [2.24, 2.45) is 7.05 Å². The van der Waals surface area contributed by atoms with E-state index in [1.165, 1.54) is 30.7 Å². The fraction of sp³-hybridized carbons (Fsp3) is 0.167. The molecule has 4 heterocycles. The maximum absolute atomic E-state index is 14.3. The van der Waals surface area contributed by atoms with Gasteiger partial charge < -0.3 is 14.9 Å². The molecule has 0 spiro atoms. The van der Waals surface area contributed by atoms with Gasteiger partial charge in [0.1, 0.15) is 34.1 Å². The average Bonchev–Trinajstić information content (AvgIpc) is 3.45. The third kappa shape index (κ3) is 3.05. The predicted molar refractivity (Wildman–Crippen MR) is 150 cm³/mol. The number of pyridine rings is 1. The molecule has 1 aliphatic carbocycles. The Morgan fingerprint density at radius 3 is 2.44 bits per heavy atom. The molecule has 7 rings (SSSR count). The van der Waals surface area contributed by atoms with Crippen LogP contribution in [0.2, 0.25) is 0 Å². The molecule has 5 aromatic rings. The van der Waals surface area contributed by atoms with Gasteiger partial charge in [-0.3, -0.25) is 19.1 Å². The summed E-state index contributed by atoms with van der Waals surface area (Å²) in [6.07, 6.45) is 1.73. The third-order valence-electron chi connectivity index (χ3n) is 8.11. The van der Waals surface area contributed by atoms with Gasteiger partial charge in [0.2, 0.25) is 0 Å². The first-order chi connectivity index (χ1) is 19.5. The van der Waals surface area contributed by atoms with Crippen LogP contribution in [0, 0.1) is 13.8 Å². The summed E-state index contributed by atoms with van der Waals surface area (Å²) >= 11 is 0. The number of aromatic amines is 1. The van der Waals surface area contributed by atoms with Gasteiger partial charge in [0.05, 0.1) is 44.8 Å². The number of aryl methyl sites for hydroxylation is 2. The molecule has 0 radical (unpaired) electrons. The lowest BCUT2D eigenvalue weighted by Gasteiger charge is -2.27. The van der Waals surface area contributed by atoms with E-state index >= 15 is 0 Å². The van der Waals surface area contributed by atoms with Crippen molar-refractivity contribution < 1.29 is 19.7 Å². The number of phenols is 2. The smallest absolute Gasteiger partial charge is 0.329 e.